The minimum Gasteiger partial charge on any atom is -0.446 e. The van der Waals surface area contributed by atoms with E-state index in [1.165, 1.54) is 0 Å². The minimum atomic E-state index is -0.353. The highest BCUT2D eigenvalue weighted by Gasteiger charge is 2.30. The van der Waals surface area contributed by atoms with Crippen molar-refractivity contribution in [3.8, 4) is 0 Å². The molecule has 0 spiro atoms. The van der Waals surface area contributed by atoms with Crippen LogP contribution in [0.4, 0.5) is 16.4 Å². The van der Waals surface area contributed by atoms with E-state index in [2.05, 4.69) is 30.9 Å². The Labute approximate surface area is 174 Å². The Morgan fingerprint density at radius 2 is 2.17 bits per heavy atom. The van der Waals surface area contributed by atoms with Gasteiger partial charge in [0.25, 0.3) is 0 Å². The van der Waals surface area contributed by atoms with Gasteiger partial charge in [0, 0.05) is 42.2 Å². The SMILES string of the molecule is CC(C)NC(=O)OC1CCC(c2cc(Nc3nccn4nc(C(C)N)cc34)n[nH]2)C1. The predicted molar refractivity (Wildman–Crippen MR) is 113 cm³/mol. The van der Waals surface area contributed by atoms with Gasteiger partial charge in [-0.1, -0.05) is 0 Å². The molecule has 1 fully saturated rings. The molecule has 0 aliphatic heterocycles. The number of aromatic nitrogens is 5. The molecule has 0 radical (unpaired) electrons. The second-order valence-electron chi connectivity index (χ2n) is 8.13. The zero-order chi connectivity index (χ0) is 21.3. The zero-order valence-electron chi connectivity index (χ0n) is 17.4. The molecule has 1 aliphatic carbocycles. The van der Waals surface area contributed by atoms with E-state index in [-0.39, 0.29) is 30.2 Å². The lowest BCUT2D eigenvalue weighted by molar-refractivity contribution is 0.0981. The second-order valence-corrected chi connectivity index (χ2v) is 8.13. The number of nitrogens with one attached hydrogen (secondary N) is 3. The Balaban J connectivity index is 1.42. The zero-order valence-corrected chi connectivity index (χ0v) is 17.4. The van der Waals surface area contributed by atoms with Crippen molar-refractivity contribution in [1.29, 1.82) is 0 Å². The Morgan fingerprint density at radius 1 is 1.33 bits per heavy atom. The van der Waals surface area contributed by atoms with E-state index >= 15 is 0 Å². The summed E-state index contributed by atoms with van der Waals surface area (Å²) in [6.07, 6.45) is 5.60. The van der Waals surface area contributed by atoms with Crippen LogP contribution in [-0.4, -0.2) is 43.0 Å². The van der Waals surface area contributed by atoms with E-state index in [9.17, 15) is 4.79 Å². The molecule has 3 aromatic heterocycles. The van der Waals surface area contributed by atoms with E-state index in [1.54, 1.807) is 16.9 Å². The quantitative estimate of drug-likeness (QED) is 0.489. The van der Waals surface area contributed by atoms with Crippen LogP contribution in [0, 0.1) is 0 Å². The lowest BCUT2D eigenvalue weighted by Crippen LogP contribution is -2.33. The molecular weight excluding hydrogens is 384 g/mol. The number of rotatable bonds is 6. The summed E-state index contributed by atoms with van der Waals surface area (Å²) in [5, 5.41) is 18.0. The maximum Gasteiger partial charge on any atom is 0.407 e. The maximum atomic E-state index is 11.8. The van der Waals surface area contributed by atoms with Crippen LogP contribution in [-0.2, 0) is 4.74 Å². The molecule has 5 N–H and O–H groups in total. The summed E-state index contributed by atoms with van der Waals surface area (Å²) >= 11 is 0. The number of carbonyl (C=O) groups excluding carboxylic acids is 1. The fourth-order valence-electron chi connectivity index (χ4n) is 3.74. The third kappa shape index (κ3) is 4.38. The summed E-state index contributed by atoms with van der Waals surface area (Å²) in [5.74, 6) is 1.61. The molecule has 10 nitrogen and oxygen atoms in total. The monoisotopic (exact) mass is 412 g/mol. The number of H-pyrrole nitrogens is 1. The first-order valence-corrected chi connectivity index (χ1v) is 10.3. The minimum absolute atomic E-state index is 0.0638. The first-order chi connectivity index (χ1) is 14.4. The molecule has 4 rings (SSSR count). The Bertz CT molecular complexity index is 1020. The van der Waals surface area contributed by atoms with E-state index in [0.717, 1.165) is 36.2 Å². The molecule has 0 saturated heterocycles. The molecule has 10 heteroatoms. The first-order valence-electron chi connectivity index (χ1n) is 10.3. The fraction of sp³-hybridized carbons (Fsp3) is 0.500. The Hall–Kier alpha value is -3.14. The van der Waals surface area contributed by atoms with Crippen LogP contribution in [0.25, 0.3) is 5.52 Å². The number of amides is 1. The number of alkyl carbamates (subject to hydrolysis) is 1. The van der Waals surface area contributed by atoms with Gasteiger partial charge >= 0.3 is 6.09 Å². The van der Waals surface area contributed by atoms with Crippen LogP contribution in [0.1, 0.15) is 63.4 Å². The molecule has 3 unspecified atom stereocenters. The van der Waals surface area contributed by atoms with Gasteiger partial charge in [0.1, 0.15) is 11.6 Å². The summed E-state index contributed by atoms with van der Waals surface area (Å²) in [7, 11) is 0. The van der Waals surface area contributed by atoms with Gasteiger partial charge in [-0.3, -0.25) is 5.10 Å². The van der Waals surface area contributed by atoms with Crippen LogP contribution < -0.4 is 16.4 Å². The smallest absolute Gasteiger partial charge is 0.407 e. The summed E-state index contributed by atoms with van der Waals surface area (Å²) in [6, 6.07) is 3.81. The van der Waals surface area contributed by atoms with Crippen molar-refractivity contribution >= 4 is 23.2 Å². The maximum absolute atomic E-state index is 11.8. The number of hydrogen-bond acceptors (Lipinski definition) is 7. The van der Waals surface area contributed by atoms with Crippen LogP contribution in [0.2, 0.25) is 0 Å². The Morgan fingerprint density at radius 3 is 2.93 bits per heavy atom. The lowest BCUT2D eigenvalue weighted by atomic mass is 10.0. The highest BCUT2D eigenvalue weighted by molar-refractivity contribution is 5.72. The van der Waals surface area contributed by atoms with E-state index in [4.69, 9.17) is 10.5 Å². The van der Waals surface area contributed by atoms with Gasteiger partial charge < -0.3 is 21.1 Å². The van der Waals surface area contributed by atoms with Gasteiger partial charge in [-0.2, -0.15) is 10.2 Å². The summed E-state index contributed by atoms with van der Waals surface area (Å²) in [6.45, 7) is 5.72. The Kier molecular flexibility index (Phi) is 5.58. The van der Waals surface area contributed by atoms with E-state index in [1.807, 2.05) is 32.9 Å². The molecule has 3 atom stereocenters. The number of nitrogens with two attached hydrogens (primary N) is 1. The number of aromatic amines is 1. The molecule has 3 aromatic rings. The average Bonchev–Trinajstić information content (AvgIpc) is 3.39. The number of hydrogen-bond donors (Lipinski definition) is 4. The van der Waals surface area contributed by atoms with Crippen molar-refractivity contribution in [2.45, 2.75) is 64.1 Å². The first kappa shape index (κ1) is 20.1. The number of carbonyl (C=O) groups is 1. The van der Waals surface area contributed by atoms with Crippen molar-refractivity contribution in [2.24, 2.45) is 5.73 Å². The van der Waals surface area contributed by atoms with Crippen LogP contribution in [0.15, 0.2) is 24.5 Å². The lowest BCUT2D eigenvalue weighted by Gasteiger charge is -2.14. The molecule has 30 heavy (non-hydrogen) atoms. The van der Waals surface area contributed by atoms with Crippen molar-refractivity contribution < 1.29 is 9.53 Å². The largest absolute Gasteiger partial charge is 0.446 e. The van der Waals surface area contributed by atoms with E-state index in [0.29, 0.717) is 11.6 Å². The standard InChI is InChI=1S/C20H28N8O2/c1-11(2)23-20(29)30-14-5-4-13(8-14)16-10-18(26-25-16)24-19-17-9-15(12(3)21)27-28(17)7-6-22-19/h6-7,9-14H,4-5,8,21H2,1-3H3,(H,23,29)(H2,22,24,25,26). The molecule has 0 bridgehead atoms. The van der Waals surface area contributed by atoms with Gasteiger partial charge in [-0.05, 0) is 46.1 Å². The molecule has 3 heterocycles. The molecule has 0 aromatic carbocycles. The normalized spacial score (nSPS) is 19.9. The van der Waals surface area contributed by atoms with Crippen molar-refractivity contribution in [2.75, 3.05) is 5.32 Å². The van der Waals surface area contributed by atoms with Crippen molar-refractivity contribution in [1.82, 2.24) is 30.1 Å². The summed E-state index contributed by atoms with van der Waals surface area (Å²) in [5.41, 5.74) is 8.60. The molecule has 1 amide bonds. The van der Waals surface area contributed by atoms with Crippen molar-refractivity contribution in [3.05, 3.63) is 35.9 Å². The third-order valence-electron chi connectivity index (χ3n) is 5.22. The van der Waals surface area contributed by atoms with Gasteiger partial charge in [0.05, 0.1) is 5.69 Å². The number of anilines is 2. The molecule has 1 saturated carbocycles. The van der Waals surface area contributed by atoms with E-state index < -0.39 is 0 Å². The summed E-state index contributed by atoms with van der Waals surface area (Å²) < 4.78 is 7.27. The molecular formula is C20H28N8O2. The highest BCUT2D eigenvalue weighted by atomic mass is 16.6. The van der Waals surface area contributed by atoms with Gasteiger partial charge in [-0.25, -0.2) is 14.3 Å². The number of fused-ring (bicyclic) bond motifs is 1. The predicted octanol–water partition coefficient (Wildman–Crippen LogP) is 2.99. The van der Waals surface area contributed by atoms with Gasteiger partial charge in [0.2, 0.25) is 0 Å². The molecule has 1 aliphatic rings. The average molecular weight is 412 g/mol. The third-order valence-corrected chi connectivity index (χ3v) is 5.22. The number of nitrogens with zero attached hydrogens (tertiary/aromatic N) is 4. The van der Waals surface area contributed by atoms with Crippen LogP contribution in [0.3, 0.4) is 0 Å². The van der Waals surface area contributed by atoms with Crippen LogP contribution >= 0.6 is 0 Å². The fourth-order valence-corrected chi connectivity index (χ4v) is 3.74. The number of ether oxygens (including phenoxy) is 1. The second kappa shape index (κ2) is 8.31. The highest BCUT2D eigenvalue weighted by Crippen LogP contribution is 2.36. The van der Waals surface area contributed by atoms with Crippen LogP contribution in [0.5, 0.6) is 0 Å². The topological polar surface area (TPSA) is 135 Å². The molecule has 160 valence electrons. The van der Waals surface area contributed by atoms with Crippen molar-refractivity contribution in [3.63, 3.8) is 0 Å². The van der Waals surface area contributed by atoms with Gasteiger partial charge in [-0.15, -0.1) is 0 Å². The summed E-state index contributed by atoms with van der Waals surface area (Å²) in [4.78, 5) is 16.2. The van der Waals surface area contributed by atoms with Gasteiger partial charge in [0.15, 0.2) is 11.6 Å².